The normalized spacial score (nSPS) is 23.1. The lowest BCUT2D eigenvalue weighted by molar-refractivity contribution is -0.274. The fourth-order valence-corrected chi connectivity index (χ4v) is 8.12. The van der Waals surface area contributed by atoms with Crippen LogP contribution in [0.3, 0.4) is 0 Å². The number of fused-ring (bicyclic) bond motifs is 3. The number of hydrogen-bond acceptors (Lipinski definition) is 9. The van der Waals surface area contributed by atoms with Crippen LogP contribution in [0, 0.1) is 0 Å². The molecule has 2 aromatic heterocycles. The Bertz CT molecular complexity index is 1730. The minimum atomic E-state index is -4.81. The molecule has 2 aliphatic heterocycles. The first-order valence-electron chi connectivity index (χ1n) is 15.1. The van der Waals surface area contributed by atoms with Crippen LogP contribution in [-0.2, 0) is 11.3 Å². The molecule has 44 heavy (non-hydrogen) atoms. The minimum Gasteiger partial charge on any atom is -0.465 e. The number of carbonyl (C=O) groups is 1. The highest BCUT2D eigenvalue weighted by atomic mass is 32.1. The minimum absolute atomic E-state index is 0.244. The Kier molecular flexibility index (Phi) is 6.64. The number of nitrogens with zero attached hydrogens (tertiary/aromatic N) is 3. The van der Waals surface area contributed by atoms with E-state index in [0.29, 0.717) is 35.8 Å². The van der Waals surface area contributed by atoms with Gasteiger partial charge in [-0.15, -0.1) is 13.2 Å². The van der Waals surface area contributed by atoms with Crippen molar-refractivity contribution in [3.63, 3.8) is 0 Å². The van der Waals surface area contributed by atoms with Crippen LogP contribution in [0.1, 0.15) is 84.0 Å². The number of benzene rings is 2. The van der Waals surface area contributed by atoms with Crippen LogP contribution >= 0.6 is 11.3 Å². The molecule has 2 saturated heterocycles. The van der Waals surface area contributed by atoms with Gasteiger partial charge >= 0.3 is 12.3 Å². The molecule has 3 aliphatic carbocycles. The molecule has 2 aromatic carbocycles. The largest absolute Gasteiger partial charge is 0.573 e. The Morgan fingerprint density at radius 2 is 1.84 bits per heavy atom. The van der Waals surface area contributed by atoms with Crippen LogP contribution in [-0.4, -0.2) is 47.7 Å². The summed E-state index contributed by atoms with van der Waals surface area (Å²) in [5.74, 6) is 0.847. The van der Waals surface area contributed by atoms with Crippen molar-refractivity contribution < 1.29 is 32.0 Å². The molecule has 5 aliphatic rings. The third kappa shape index (κ3) is 5.11. The van der Waals surface area contributed by atoms with Gasteiger partial charge in [-0.25, -0.2) is 9.78 Å². The van der Waals surface area contributed by atoms with Crippen LogP contribution in [0.25, 0.3) is 21.5 Å². The van der Waals surface area contributed by atoms with E-state index in [0.717, 1.165) is 77.2 Å². The molecule has 8 nitrogen and oxygen atoms in total. The zero-order valence-electron chi connectivity index (χ0n) is 24.0. The van der Waals surface area contributed by atoms with E-state index in [1.165, 1.54) is 19.2 Å². The van der Waals surface area contributed by atoms with E-state index in [2.05, 4.69) is 20.1 Å². The number of halogens is 3. The van der Waals surface area contributed by atoms with Crippen LogP contribution < -0.4 is 15.0 Å². The van der Waals surface area contributed by atoms with Gasteiger partial charge in [-0.05, 0) is 80.7 Å². The van der Waals surface area contributed by atoms with Gasteiger partial charge in [0.2, 0.25) is 0 Å². The first-order chi connectivity index (χ1) is 21.3. The van der Waals surface area contributed by atoms with Gasteiger partial charge in [0.1, 0.15) is 17.2 Å². The zero-order chi connectivity index (χ0) is 30.2. The number of nitrogens with one attached hydrogen (secondary N) is 1. The highest BCUT2D eigenvalue weighted by Crippen LogP contribution is 2.49. The Hall–Kier alpha value is -3.64. The molecule has 4 heterocycles. The van der Waals surface area contributed by atoms with Crippen molar-refractivity contribution >= 4 is 32.7 Å². The molecule has 230 valence electrons. The maximum absolute atomic E-state index is 13.1. The van der Waals surface area contributed by atoms with Gasteiger partial charge < -0.3 is 24.2 Å². The molecule has 3 saturated carbocycles. The van der Waals surface area contributed by atoms with Gasteiger partial charge in [0.15, 0.2) is 5.13 Å². The van der Waals surface area contributed by atoms with Crippen LogP contribution in [0.2, 0.25) is 0 Å². The number of ether oxygens (including phenoxy) is 2. The van der Waals surface area contributed by atoms with Gasteiger partial charge in [0.05, 0.1) is 22.9 Å². The number of hydrogen-bond donors (Lipinski definition) is 1. The van der Waals surface area contributed by atoms with E-state index >= 15 is 0 Å². The number of carbonyl (C=O) groups excluding carboxylic acids is 1. The maximum Gasteiger partial charge on any atom is 0.573 e. The smallest absolute Gasteiger partial charge is 0.465 e. The average molecular weight is 625 g/mol. The highest BCUT2D eigenvalue weighted by molar-refractivity contribution is 7.22. The molecule has 9 rings (SSSR count). The number of para-hydroxylation sites is 1. The molecule has 1 N–H and O–H groups in total. The van der Waals surface area contributed by atoms with Crippen molar-refractivity contribution in [1.29, 1.82) is 0 Å². The quantitative estimate of drug-likeness (QED) is 0.194. The molecule has 0 radical (unpaired) electrons. The number of alkyl halides is 3. The first kappa shape index (κ1) is 27.9. The van der Waals surface area contributed by atoms with E-state index < -0.39 is 6.36 Å². The second-order valence-electron chi connectivity index (χ2n) is 12.4. The topological polar surface area (TPSA) is 89.7 Å². The molecule has 4 aromatic rings. The van der Waals surface area contributed by atoms with Gasteiger partial charge in [0, 0.05) is 41.7 Å². The predicted octanol–water partition coefficient (Wildman–Crippen LogP) is 7.29. The lowest BCUT2D eigenvalue weighted by atomic mass is 9.77. The monoisotopic (exact) mass is 624 g/mol. The summed E-state index contributed by atoms with van der Waals surface area (Å²) < 4.78 is 55.5. The summed E-state index contributed by atoms with van der Waals surface area (Å²) in [7, 11) is 1.41. The Morgan fingerprint density at radius 1 is 1.09 bits per heavy atom. The van der Waals surface area contributed by atoms with Crippen LogP contribution in [0.15, 0.2) is 40.9 Å². The molecule has 2 bridgehead atoms. The number of aromatic nitrogens is 2. The summed E-state index contributed by atoms with van der Waals surface area (Å²) in [6.45, 7) is 0.456. The number of esters is 1. The van der Waals surface area contributed by atoms with Crippen LogP contribution in [0.4, 0.5) is 18.3 Å². The number of piperidine rings is 1. The standard InChI is InChI=1S/C32H31F3N4O4S/c1-41-30(40)18-10-23(16-6-7-16)28-26(11-18)44-31(37-28)39-20-12-19(13-21(39)14-20)36-15-24-27(38-43-29(24)17-8-9-17)22-4-2-3-5-25(22)42-32(33,34)35/h2-5,10-11,16-17,19-21,36H,6-9,12-15H2,1H3. The van der Waals surface area contributed by atoms with Crippen molar-refractivity contribution in [2.45, 2.75) is 87.8 Å². The van der Waals surface area contributed by atoms with Gasteiger partial charge in [0.25, 0.3) is 0 Å². The summed E-state index contributed by atoms with van der Waals surface area (Å²) in [4.78, 5) is 19.8. The van der Waals surface area contributed by atoms with Crippen LogP contribution in [0.5, 0.6) is 5.75 Å². The number of rotatable bonds is 9. The Balaban J connectivity index is 1.000. The third-order valence-electron chi connectivity index (χ3n) is 9.32. The van der Waals surface area contributed by atoms with Crippen molar-refractivity contribution in [2.75, 3.05) is 12.0 Å². The van der Waals surface area contributed by atoms with E-state index in [1.807, 2.05) is 12.1 Å². The maximum atomic E-state index is 13.1. The fourth-order valence-electron chi connectivity index (χ4n) is 6.94. The van der Waals surface area contributed by atoms with Crippen molar-refractivity contribution in [1.82, 2.24) is 15.5 Å². The molecule has 5 fully saturated rings. The molecular weight excluding hydrogens is 593 g/mol. The number of methoxy groups -OCH3 is 1. The molecule has 0 amide bonds. The average Bonchev–Trinajstić information content (AvgIpc) is 3.93. The molecular formula is C32H31F3N4O4S. The van der Waals surface area contributed by atoms with E-state index in [1.54, 1.807) is 23.5 Å². The van der Waals surface area contributed by atoms with Gasteiger partial charge in [-0.1, -0.05) is 28.6 Å². The van der Waals surface area contributed by atoms with Crippen molar-refractivity contribution in [3.05, 3.63) is 58.8 Å². The fraction of sp³-hybridized carbons (Fsp3) is 0.469. The summed E-state index contributed by atoms with van der Waals surface area (Å²) in [5.41, 5.74) is 4.20. The van der Waals surface area contributed by atoms with Gasteiger partial charge in [-0.2, -0.15) is 0 Å². The SMILES string of the molecule is COC(=O)c1cc(C2CC2)c2nc(N3C4CC(NCc5c(-c6ccccc6OC(F)(F)F)noc5C5CC5)CC3C4)sc2c1. The summed E-state index contributed by atoms with van der Waals surface area (Å²) in [5, 5.41) is 8.93. The summed E-state index contributed by atoms with van der Waals surface area (Å²) >= 11 is 1.64. The summed E-state index contributed by atoms with van der Waals surface area (Å²) in [6.07, 6.45) is 2.36. The van der Waals surface area contributed by atoms with Crippen molar-refractivity contribution in [2.24, 2.45) is 0 Å². The zero-order valence-corrected chi connectivity index (χ0v) is 24.8. The third-order valence-corrected chi connectivity index (χ3v) is 10.3. The Morgan fingerprint density at radius 3 is 2.55 bits per heavy atom. The van der Waals surface area contributed by atoms with Gasteiger partial charge in [-0.3, -0.25) is 0 Å². The number of anilines is 1. The lowest BCUT2D eigenvalue weighted by Gasteiger charge is -2.55. The molecule has 2 atom stereocenters. The second-order valence-corrected chi connectivity index (χ2v) is 13.4. The molecule has 0 spiro atoms. The Labute approximate surface area is 255 Å². The highest BCUT2D eigenvalue weighted by Gasteiger charge is 2.47. The van der Waals surface area contributed by atoms with E-state index in [9.17, 15) is 18.0 Å². The molecule has 12 heteroatoms. The van der Waals surface area contributed by atoms with E-state index in [-0.39, 0.29) is 29.2 Å². The first-order valence-corrected chi connectivity index (χ1v) is 16.0. The lowest BCUT2D eigenvalue weighted by Crippen LogP contribution is -2.64. The second kappa shape index (κ2) is 10.5. The summed E-state index contributed by atoms with van der Waals surface area (Å²) in [6, 6.07) is 10.9. The molecule has 2 unspecified atom stereocenters. The number of thiazole rings is 1. The van der Waals surface area contributed by atoms with E-state index in [4.69, 9.17) is 14.2 Å². The van der Waals surface area contributed by atoms with Crippen molar-refractivity contribution in [3.8, 4) is 17.0 Å². The predicted molar refractivity (Wildman–Crippen MR) is 158 cm³/mol.